The van der Waals surface area contributed by atoms with Crippen LogP contribution >= 0.6 is 0 Å². The van der Waals surface area contributed by atoms with Crippen molar-refractivity contribution in [2.24, 2.45) is 5.73 Å². The Hall–Kier alpha value is -1.35. The standard InChI is InChI=1S/C12H18N2O/c1-11(15)14(10-8-13)9-7-12-5-3-2-4-6-12/h2-6H,7-10,13H2,1H3. The second kappa shape index (κ2) is 6.19. The van der Waals surface area contributed by atoms with Gasteiger partial charge in [-0.3, -0.25) is 4.79 Å². The van der Waals surface area contributed by atoms with Crippen LogP contribution in [0.25, 0.3) is 0 Å². The molecule has 82 valence electrons. The van der Waals surface area contributed by atoms with Crippen molar-refractivity contribution in [2.45, 2.75) is 13.3 Å². The molecule has 0 spiro atoms. The van der Waals surface area contributed by atoms with Crippen LogP contribution in [0.3, 0.4) is 0 Å². The van der Waals surface area contributed by atoms with Gasteiger partial charge < -0.3 is 10.6 Å². The van der Waals surface area contributed by atoms with Gasteiger partial charge in [0.05, 0.1) is 0 Å². The number of carbonyl (C=O) groups excluding carboxylic acids is 1. The van der Waals surface area contributed by atoms with Crippen LogP contribution < -0.4 is 5.73 Å². The number of benzene rings is 1. The molecule has 1 amide bonds. The zero-order valence-corrected chi connectivity index (χ0v) is 9.15. The van der Waals surface area contributed by atoms with E-state index in [1.165, 1.54) is 5.56 Å². The average molecular weight is 206 g/mol. The predicted molar refractivity (Wildman–Crippen MR) is 61.5 cm³/mol. The van der Waals surface area contributed by atoms with Gasteiger partial charge in [0.1, 0.15) is 0 Å². The van der Waals surface area contributed by atoms with Crippen molar-refractivity contribution in [1.82, 2.24) is 4.90 Å². The van der Waals surface area contributed by atoms with Crippen molar-refractivity contribution >= 4 is 5.91 Å². The lowest BCUT2D eigenvalue weighted by atomic mass is 10.1. The molecule has 2 N–H and O–H groups in total. The summed E-state index contributed by atoms with van der Waals surface area (Å²) in [6, 6.07) is 10.2. The van der Waals surface area contributed by atoms with Crippen molar-refractivity contribution in [3.05, 3.63) is 35.9 Å². The zero-order valence-electron chi connectivity index (χ0n) is 9.15. The van der Waals surface area contributed by atoms with Crippen LogP contribution in [0.2, 0.25) is 0 Å². The molecule has 15 heavy (non-hydrogen) atoms. The van der Waals surface area contributed by atoms with Gasteiger partial charge in [-0.15, -0.1) is 0 Å². The number of nitrogens with zero attached hydrogens (tertiary/aromatic N) is 1. The molecule has 0 radical (unpaired) electrons. The Morgan fingerprint density at radius 2 is 1.93 bits per heavy atom. The Kier molecular flexibility index (Phi) is 4.84. The molecule has 0 saturated carbocycles. The molecular weight excluding hydrogens is 188 g/mol. The quantitative estimate of drug-likeness (QED) is 0.782. The molecule has 0 unspecified atom stereocenters. The van der Waals surface area contributed by atoms with Crippen LogP contribution in [0.1, 0.15) is 12.5 Å². The van der Waals surface area contributed by atoms with Crippen LogP contribution in [0, 0.1) is 0 Å². The minimum Gasteiger partial charge on any atom is -0.341 e. The number of hydrogen-bond donors (Lipinski definition) is 1. The Balaban J connectivity index is 2.43. The first kappa shape index (κ1) is 11.7. The second-order valence-corrected chi connectivity index (χ2v) is 3.53. The smallest absolute Gasteiger partial charge is 0.219 e. The van der Waals surface area contributed by atoms with E-state index in [1.807, 2.05) is 18.2 Å². The lowest BCUT2D eigenvalue weighted by Gasteiger charge is -2.19. The molecule has 0 heterocycles. The first-order chi connectivity index (χ1) is 7.24. The third-order valence-electron chi connectivity index (χ3n) is 2.36. The summed E-state index contributed by atoms with van der Waals surface area (Å²) in [5.41, 5.74) is 6.69. The maximum absolute atomic E-state index is 11.2. The highest BCUT2D eigenvalue weighted by atomic mass is 16.2. The Morgan fingerprint density at radius 3 is 2.47 bits per heavy atom. The molecule has 1 aromatic rings. The molecule has 1 rings (SSSR count). The Labute approximate surface area is 90.9 Å². The molecule has 0 aliphatic rings. The van der Waals surface area contributed by atoms with Gasteiger partial charge in [-0.05, 0) is 12.0 Å². The first-order valence-electron chi connectivity index (χ1n) is 5.23. The highest BCUT2D eigenvalue weighted by Crippen LogP contribution is 2.01. The van der Waals surface area contributed by atoms with Gasteiger partial charge in [-0.2, -0.15) is 0 Å². The summed E-state index contributed by atoms with van der Waals surface area (Å²) in [5.74, 6) is 0.0939. The Bertz CT molecular complexity index is 298. The van der Waals surface area contributed by atoms with Gasteiger partial charge in [0, 0.05) is 26.6 Å². The van der Waals surface area contributed by atoms with Crippen LogP contribution in [-0.2, 0) is 11.2 Å². The number of carbonyl (C=O) groups is 1. The highest BCUT2D eigenvalue weighted by Gasteiger charge is 2.06. The van der Waals surface area contributed by atoms with Crippen molar-refractivity contribution < 1.29 is 4.79 Å². The van der Waals surface area contributed by atoms with E-state index in [0.717, 1.165) is 13.0 Å². The van der Waals surface area contributed by atoms with Crippen molar-refractivity contribution in [3.63, 3.8) is 0 Å². The predicted octanol–water partition coefficient (Wildman–Crippen LogP) is 1.04. The lowest BCUT2D eigenvalue weighted by molar-refractivity contribution is -0.128. The number of hydrogen-bond acceptors (Lipinski definition) is 2. The fourth-order valence-electron chi connectivity index (χ4n) is 1.49. The van der Waals surface area contributed by atoms with Gasteiger partial charge in [0.15, 0.2) is 0 Å². The second-order valence-electron chi connectivity index (χ2n) is 3.53. The molecule has 0 fully saturated rings. The molecule has 0 aliphatic carbocycles. The fraction of sp³-hybridized carbons (Fsp3) is 0.417. The van der Waals surface area contributed by atoms with E-state index in [1.54, 1.807) is 11.8 Å². The molecule has 0 aromatic heterocycles. The largest absolute Gasteiger partial charge is 0.341 e. The van der Waals surface area contributed by atoms with Gasteiger partial charge >= 0.3 is 0 Å². The van der Waals surface area contributed by atoms with Crippen molar-refractivity contribution in [1.29, 1.82) is 0 Å². The topological polar surface area (TPSA) is 46.3 Å². The van der Waals surface area contributed by atoms with E-state index in [0.29, 0.717) is 13.1 Å². The SMILES string of the molecule is CC(=O)N(CCN)CCc1ccccc1. The summed E-state index contributed by atoms with van der Waals surface area (Å²) >= 11 is 0. The summed E-state index contributed by atoms with van der Waals surface area (Å²) in [6.07, 6.45) is 0.889. The maximum Gasteiger partial charge on any atom is 0.219 e. The zero-order chi connectivity index (χ0) is 11.1. The molecule has 0 saturated heterocycles. The van der Waals surface area contributed by atoms with E-state index in [9.17, 15) is 4.79 Å². The summed E-state index contributed by atoms with van der Waals surface area (Å²) in [4.78, 5) is 13.0. The fourth-order valence-corrected chi connectivity index (χ4v) is 1.49. The lowest BCUT2D eigenvalue weighted by Crippen LogP contribution is -2.35. The summed E-state index contributed by atoms with van der Waals surface area (Å²) in [7, 11) is 0. The summed E-state index contributed by atoms with van der Waals surface area (Å²) < 4.78 is 0. The molecular formula is C12H18N2O. The van der Waals surface area contributed by atoms with E-state index in [2.05, 4.69) is 12.1 Å². The number of amides is 1. The van der Waals surface area contributed by atoms with Crippen LogP contribution in [0.4, 0.5) is 0 Å². The molecule has 1 aromatic carbocycles. The van der Waals surface area contributed by atoms with Gasteiger partial charge in [0.2, 0.25) is 5.91 Å². The highest BCUT2D eigenvalue weighted by molar-refractivity contribution is 5.73. The van der Waals surface area contributed by atoms with Crippen LogP contribution in [0.5, 0.6) is 0 Å². The third-order valence-corrected chi connectivity index (χ3v) is 2.36. The Morgan fingerprint density at radius 1 is 1.27 bits per heavy atom. The van der Waals surface area contributed by atoms with E-state index < -0.39 is 0 Å². The number of nitrogens with two attached hydrogens (primary N) is 1. The molecule has 0 aliphatic heterocycles. The molecule has 3 nitrogen and oxygen atoms in total. The van der Waals surface area contributed by atoms with E-state index in [4.69, 9.17) is 5.73 Å². The molecule has 0 bridgehead atoms. The average Bonchev–Trinajstić information content (AvgIpc) is 2.25. The molecule has 0 atom stereocenters. The first-order valence-corrected chi connectivity index (χ1v) is 5.23. The van der Waals surface area contributed by atoms with Crippen LogP contribution in [-0.4, -0.2) is 30.4 Å². The minimum absolute atomic E-state index is 0.0939. The monoisotopic (exact) mass is 206 g/mol. The third kappa shape index (κ3) is 4.13. The van der Waals surface area contributed by atoms with E-state index in [-0.39, 0.29) is 5.91 Å². The normalized spacial score (nSPS) is 10.0. The maximum atomic E-state index is 11.2. The summed E-state index contributed by atoms with van der Waals surface area (Å²) in [6.45, 7) is 3.49. The summed E-state index contributed by atoms with van der Waals surface area (Å²) in [5, 5.41) is 0. The number of rotatable bonds is 5. The van der Waals surface area contributed by atoms with Gasteiger partial charge in [0.25, 0.3) is 0 Å². The van der Waals surface area contributed by atoms with Gasteiger partial charge in [-0.1, -0.05) is 30.3 Å². The van der Waals surface area contributed by atoms with Crippen molar-refractivity contribution in [2.75, 3.05) is 19.6 Å². The van der Waals surface area contributed by atoms with E-state index >= 15 is 0 Å². The molecule has 3 heteroatoms. The van der Waals surface area contributed by atoms with Gasteiger partial charge in [-0.25, -0.2) is 0 Å². The van der Waals surface area contributed by atoms with Crippen LogP contribution in [0.15, 0.2) is 30.3 Å². The minimum atomic E-state index is 0.0939. The van der Waals surface area contributed by atoms with Crippen molar-refractivity contribution in [3.8, 4) is 0 Å².